The summed E-state index contributed by atoms with van der Waals surface area (Å²) in [6.07, 6.45) is 1.73. The van der Waals surface area contributed by atoms with E-state index in [9.17, 15) is 0 Å². The van der Waals surface area contributed by atoms with Crippen LogP contribution in [0.25, 0.3) is 0 Å². The number of rotatable bonds is 4. The van der Waals surface area contributed by atoms with Gasteiger partial charge in [0.2, 0.25) is 0 Å². The molecule has 0 unspecified atom stereocenters. The molecule has 1 aromatic rings. The van der Waals surface area contributed by atoms with E-state index in [0.717, 1.165) is 31.8 Å². The summed E-state index contributed by atoms with van der Waals surface area (Å²) in [5.41, 5.74) is 0. The first kappa shape index (κ1) is 11.4. The van der Waals surface area contributed by atoms with Gasteiger partial charge in [-0.2, -0.15) is 0 Å². The van der Waals surface area contributed by atoms with Gasteiger partial charge in [0.1, 0.15) is 5.75 Å². The van der Waals surface area contributed by atoms with E-state index < -0.39 is 5.79 Å². The van der Waals surface area contributed by atoms with E-state index in [0.29, 0.717) is 6.61 Å². The third kappa shape index (κ3) is 3.22. The molecule has 3 nitrogen and oxygen atoms in total. The lowest BCUT2D eigenvalue weighted by Gasteiger charge is -2.33. The van der Waals surface area contributed by atoms with Gasteiger partial charge in [-0.25, -0.2) is 0 Å². The molecular formula is C13H18O3. The van der Waals surface area contributed by atoms with Crippen LogP contribution in [-0.2, 0) is 9.47 Å². The Labute approximate surface area is 96.3 Å². The highest BCUT2D eigenvalue weighted by molar-refractivity contribution is 5.20. The monoisotopic (exact) mass is 222 g/mol. The van der Waals surface area contributed by atoms with Gasteiger partial charge in [-0.05, 0) is 25.5 Å². The van der Waals surface area contributed by atoms with Crippen LogP contribution in [0.1, 0.15) is 19.8 Å². The van der Waals surface area contributed by atoms with E-state index in [1.54, 1.807) is 0 Å². The van der Waals surface area contributed by atoms with Gasteiger partial charge < -0.3 is 14.2 Å². The van der Waals surface area contributed by atoms with Crippen molar-refractivity contribution in [2.45, 2.75) is 25.6 Å². The van der Waals surface area contributed by atoms with E-state index in [1.807, 2.05) is 37.3 Å². The van der Waals surface area contributed by atoms with Crippen molar-refractivity contribution in [2.75, 3.05) is 19.8 Å². The maximum Gasteiger partial charge on any atom is 0.168 e. The number of hydrogen-bond acceptors (Lipinski definition) is 3. The van der Waals surface area contributed by atoms with Crippen LogP contribution in [0, 0.1) is 0 Å². The minimum atomic E-state index is -0.465. The zero-order chi connectivity index (χ0) is 11.3. The average molecular weight is 222 g/mol. The van der Waals surface area contributed by atoms with Crippen molar-refractivity contribution in [2.24, 2.45) is 0 Å². The lowest BCUT2D eigenvalue weighted by molar-refractivity contribution is -0.260. The number of hydrogen-bond donors (Lipinski definition) is 0. The smallest absolute Gasteiger partial charge is 0.168 e. The summed E-state index contributed by atoms with van der Waals surface area (Å²) in [6.45, 7) is 4.14. The van der Waals surface area contributed by atoms with Crippen molar-refractivity contribution in [3.63, 3.8) is 0 Å². The third-order valence-corrected chi connectivity index (χ3v) is 2.67. The van der Waals surface area contributed by atoms with Crippen molar-refractivity contribution < 1.29 is 14.2 Å². The molecule has 0 bridgehead atoms. The summed E-state index contributed by atoms with van der Waals surface area (Å²) in [7, 11) is 0. The molecule has 1 aromatic carbocycles. The zero-order valence-corrected chi connectivity index (χ0v) is 9.65. The summed E-state index contributed by atoms with van der Waals surface area (Å²) in [4.78, 5) is 0. The molecule has 0 spiro atoms. The standard InChI is InChI=1S/C13H18O3/c1-13(15-9-5-10-16-13)8-11-14-12-6-3-2-4-7-12/h2-4,6-7H,5,8-11H2,1H3. The lowest BCUT2D eigenvalue weighted by atomic mass is 10.2. The Kier molecular flexibility index (Phi) is 3.80. The maximum atomic E-state index is 5.61. The fourth-order valence-electron chi connectivity index (χ4n) is 1.69. The second-order valence-electron chi connectivity index (χ2n) is 4.10. The number of benzene rings is 1. The summed E-state index contributed by atoms with van der Waals surface area (Å²) in [5.74, 6) is 0.425. The molecule has 0 amide bonds. The van der Waals surface area contributed by atoms with Gasteiger partial charge in [-0.15, -0.1) is 0 Å². The minimum Gasteiger partial charge on any atom is -0.493 e. The number of para-hydroxylation sites is 1. The van der Waals surface area contributed by atoms with Crippen molar-refractivity contribution in [1.82, 2.24) is 0 Å². The predicted octanol–water partition coefficient (Wildman–Crippen LogP) is 2.61. The molecule has 1 aliphatic heterocycles. The van der Waals surface area contributed by atoms with Gasteiger partial charge >= 0.3 is 0 Å². The molecule has 0 aromatic heterocycles. The largest absolute Gasteiger partial charge is 0.493 e. The van der Waals surface area contributed by atoms with Crippen molar-refractivity contribution >= 4 is 0 Å². The van der Waals surface area contributed by atoms with Gasteiger partial charge in [0, 0.05) is 6.42 Å². The molecule has 0 saturated carbocycles. The Morgan fingerprint density at radius 3 is 2.56 bits per heavy atom. The van der Waals surface area contributed by atoms with Gasteiger partial charge in [0.15, 0.2) is 5.79 Å². The van der Waals surface area contributed by atoms with Gasteiger partial charge in [-0.3, -0.25) is 0 Å². The Bertz CT molecular complexity index is 304. The quantitative estimate of drug-likeness (QED) is 0.783. The minimum absolute atomic E-state index is 0.465. The molecule has 1 aliphatic rings. The molecule has 2 rings (SSSR count). The van der Waals surface area contributed by atoms with Crippen LogP contribution in [0.15, 0.2) is 30.3 Å². The average Bonchev–Trinajstić information content (AvgIpc) is 2.31. The van der Waals surface area contributed by atoms with Gasteiger partial charge in [0.05, 0.1) is 19.8 Å². The molecular weight excluding hydrogens is 204 g/mol. The van der Waals surface area contributed by atoms with E-state index in [1.165, 1.54) is 0 Å². The van der Waals surface area contributed by atoms with E-state index in [4.69, 9.17) is 14.2 Å². The first-order chi connectivity index (χ1) is 7.79. The summed E-state index contributed by atoms with van der Waals surface area (Å²) < 4.78 is 16.8. The molecule has 88 valence electrons. The summed E-state index contributed by atoms with van der Waals surface area (Å²) >= 11 is 0. The highest BCUT2D eigenvalue weighted by Gasteiger charge is 2.28. The second-order valence-corrected chi connectivity index (χ2v) is 4.10. The molecule has 1 saturated heterocycles. The fourth-order valence-corrected chi connectivity index (χ4v) is 1.69. The summed E-state index contributed by atoms with van der Waals surface area (Å²) in [5, 5.41) is 0. The lowest BCUT2D eigenvalue weighted by Crippen LogP contribution is -2.38. The topological polar surface area (TPSA) is 27.7 Å². The van der Waals surface area contributed by atoms with Crippen LogP contribution in [-0.4, -0.2) is 25.6 Å². The maximum absolute atomic E-state index is 5.61. The van der Waals surface area contributed by atoms with Crippen LogP contribution >= 0.6 is 0 Å². The van der Waals surface area contributed by atoms with Crippen LogP contribution in [0.5, 0.6) is 5.75 Å². The third-order valence-electron chi connectivity index (χ3n) is 2.67. The second kappa shape index (κ2) is 5.32. The molecule has 1 fully saturated rings. The number of ether oxygens (including phenoxy) is 3. The van der Waals surface area contributed by atoms with Crippen molar-refractivity contribution in [3.05, 3.63) is 30.3 Å². The summed E-state index contributed by atoms with van der Waals surface area (Å²) in [6, 6.07) is 9.80. The van der Waals surface area contributed by atoms with E-state index in [2.05, 4.69) is 0 Å². The van der Waals surface area contributed by atoms with Gasteiger partial charge in [-0.1, -0.05) is 18.2 Å². The Hall–Kier alpha value is -1.06. The zero-order valence-electron chi connectivity index (χ0n) is 9.65. The van der Waals surface area contributed by atoms with Crippen LogP contribution in [0.3, 0.4) is 0 Å². The Morgan fingerprint density at radius 2 is 1.88 bits per heavy atom. The molecule has 16 heavy (non-hydrogen) atoms. The molecule has 0 radical (unpaired) electrons. The van der Waals surface area contributed by atoms with Crippen LogP contribution in [0.4, 0.5) is 0 Å². The normalized spacial score (nSPS) is 19.3. The molecule has 3 heteroatoms. The Morgan fingerprint density at radius 1 is 1.19 bits per heavy atom. The molecule has 0 aliphatic carbocycles. The van der Waals surface area contributed by atoms with E-state index in [-0.39, 0.29) is 0 Å². The Balaban J connectivity index is 1.75. The molecule has 1 heterocycles. The highest BCUT2D eigenvalue weighted by atomic mass is 16.7. The van der Waals surface area contributed by atoms with Crippen molar-refractivity contribution in [1.29, 1.82) is 0 Å². The predicted molar refractivity (Wildman–Crippen MR) is 61.5 cm³/mol. The van der Waals surface area contributed by atoms with Crippen LogP contribution in [0.2, 0.25) is 0 Å². The fraction of sp³-hybridized carbons (Fsp3) is 0.538. The first-order valence-corrected chi connectivity index (χ1v) is 5.74. The van der Waals surface area contributed by atoms with Crippen LogP contribution < -0.4 is 4.74 Å². The molecule has 0 N–H and O–H groups in total. The van der Waals surface area contributed by atoms with Crippen molar-refractivity contribution in [3.8, 4) is 5.75 Å². The molecule has 0 atom stereocenters. The first-order valence-electron chi connectivity index (χ1n) is 5.74. The van der Waals surface area contributed by atoms with Gasteiger partial charge in [0.25, 0.3) is 0 Å². The highest BCUT2D eigenvalue weighted by Crippen LogP contribution is 2.22. The van der Waals surface area contributed by atoms with E-state index >= 15 is 0 Å². The SMILES string of the molecule is CC1(CCOc2ccccc2)OCCCO1.